The van der Waals surface area contributed by atoms with E-state index < -0.39 is 0 Å². The summed E-state index contributed by atoms with van der Waals surface area (Å²) < 4.78 is 0. The van der Waals surface area contributed by atoms with Gasteiger partial charge in [0.1, 0.15) is 0 Å². The fourth-order valence-electron chi connectivity index (χ4n) is 7.14. The number of fused-ring (bicyclic) bond motifs is 5. The first kappa shape index (κ1) is 12.7. The molecule has 4 rings (SSSR count). The van der Waals surface area contributed by atoms with Crippen LogP contribution in [0.2, 0.25) is 0 Å². The lowest BCUT2D eigenvalue weighted by Crippen LogP contribution is -2.50. The van der Waals surface area contributed by atoms with Gasteiger partial charge in [0.05, 0.1) is 6.10 Å². The van der Waals surface area contributed by atoms with Gasteiger partial charge < -0.3 is 5.11 Å². The van der Waals surface area contributed by atoms with Crippen molar-refractivity contribution in [3.63, 3.8) is 0 Å². The standard InChI is InChI=1S/C18H30O/c1-17-9-3-4-13(17)12-5-6-15-16(19)8-11-18(15,2)14(12)7-10-17/h12-16,19H,3-11H2,1-2H3. The molecule has 1 nitrogen and oxygen atoms in total. The first-order chi connectivity index (χ1) is 9.05. The number of hydrogen-bond donors (Lipinski definition) is 1. The largest absolute Gasteiger partial charge is 0.393 e. The normalized spacial score (nSPS) is 60.5. The highest BCUT2D eigenvalue weighted by Gasteiger charge is 2.59. The lowest BCUT2D eigenvalue weighted by Gasteiger charge is -2.57. The molecule has 4 aliphatic carbocycles. The predicted molar refractivity (Wildman–Crippen MR) is 77.7 cm³/mol. The Bertz CT molecular complexity index is 378. The summed E-state index contributed by atoms with van der Waals surface area (Å²) in [6, 6.07) is 0. The number of aliphatic hydroxyl groups is 1. The van der Waals surface area contributed by atoms with Crippen molar-refractivity contribution in [2.45, 2.75) is 77.7 Å². The van der Waals surface area contributed by atoms with Crippen LogP contribution in [-0.2, 0) is 0 Å². The Labute approximate surface area is 118 Å². The third-order valence-corrected chi connectivity index (χ3v) is 8.17. The SMILES string of the molecule is CC12CCCC1C1CCC3C(O)CCC3(C)C1CC2. The van der Waals surface area contributed by atoms with E-state index >= 15 is 0 Å². The van der Waals surface area contributed by atoms with Gasteiger partial charge in [0, 0.05) is 0 Å². The van der Waals surface area contributed by atoms with E-state index in [2.05, 4.69) is 13.8 Å². The molecule has 7 unspecified atom stereocenters. The van der Waals surface area contributed by atoms with Crippen molar-refractivity contribution in [3.05, 3.63) is 0 Å². The second kappa shape index (κ2) is 4.00. The van der Waals surface area contributed by atoms with E-state index in [4.69, 9.17) is 0 Å². The number of hydrogen-bond acceptors (Lipinski definition) is 1. The Morgan fingerprint density at radius 3 is 2.47 bits per heavy atom. The van der Waals surface area contributed by atoms with E-state index in [9.17, 15) is 5.11 Å². The molecule has 4 fully saturated rings. The lowest BCUT2D eigenvalue weighted by atomic mass is 9.48. The van der Waals surface area contributed by atoms with Crippen LogP contribution in [0.3, 0.4) is 0 Å². The molecule has 0 saturated heterocycles. The summed E-state index contributed by atoms with van der Waals surface area (Å²) in [5.74, 6) is 3.56. The Kier molecular flexibility index (Phi) is 2.67. The molecule has 108 valence electrons. The van der Waals surface area contributed by atoms with Crippen molar-refractivity contribution in [3.8, 4) is 0 Å². The topological polar surface area (TPSA) is 20.2 Å². The lowest BCUT2D eigenvalue weighted by molar-refractivity contribution is -0.0899. The van der Waals surface area contributed by atoms with Crippen molar-refractivity contribution in [2.24, 2.45) is 34.5 Å². The zero-order chi connectivity index (χ0) is 13.3. The average Bonchev–Trinajstić information content (AvgIpc) is 2.90. The minimum Gasteiger partial charge on any atom is -0.393 e. The fraction of sp³-hybridized carbons (Fsp3) is 1.00. The van der Waals surface area contributed by atoms with Crippen molar-refractivity contribution in [2.75, 3.05) is 0 Å². The van der Waals surface area contributed by atoms with Crippen LogP contribution in [-0.4, -0.2) is 11.2 Å². The zero-order valence-electron chi connectivity index (χ0n) is 12.7. The molecule has 0 aromatic heterocycles. The van der Waals surface area contributed by atoms with E-state index in [1.807, 2.05) is 0 Å². The molecule has 0 aromatic carbocycles. The fourth-order valence-corrected chi connectivity index (χ4v) is 7.14. The van der Waals surface area contributed by atoms with Gasteiger partial charge in [-0.05, 0) is 85.9 Å². The van der Waals surface area contributed by atoms with Gasteiger partial charge in [-0.15, -0.1) is 0 Å². The van der Waals surface area contributed by atoms with Gasteiger partial charge in [-0.1, -0.05) is 20.3 Å². The molecule has 0 bridgehead atoms. The number of aliphatic hydroxyl groups excluding tert-OH is 1. The van der Waals surface area contributed by atoms with Crippen LogP contribution < -0.4 is 0 Å². The van der Waals surface area contributed by atoms with Crippen LogP contribution in [0.15, 0.2) is 0 Å². The van der Waals surface area contributed by atoms with E-state index in [1.54, 1.807) is 0 Å². The molecule has 19 heavy (non-hydrogen) atoms. The predicted octanol–water partition coefficient (Wildman–Crippen LogP) is 4.39. The quantitative estimate of drug-likeness (QED) is 0.686. The molecule has 0 amide bonds. The van der Waals surface area contributed by atoms with Gasteiger partial charge in [0.2, 0.25) is 0 Å². The highest BCUT2D eigenvalue weighted by molar-refractivity contribution is 5.09. The second-order valence-electron chi connectivity index (χ2n) is 8.76. The first-order valence-electron chi connectivity index (χ1n) is 8.73. The minimum atomic E-state index is 0.0165. The zero-order valence-corrected chi connectivity index (χ0v) is 12.7. The Morgan fingerprint density at radius 1 is 0.789 bits per heavy atom. The maximum Gasteiger partial charge on any atom is 0.0573 e. The molecule has 4 saturated carbocycles. The maximum absolute atomic E-state index is 10.3. The molecule has 0 aliphatic heterocycles. The van der Waals surface area contributed by atoms with Crippen LogP contribution >= 0.6 is 0 Å². The molecule has 1 heteroatoms. The van der Waals surface area contributed by atoms with Gasteiger partial charge in [0.15, 0.2) is 0 Å². The summed E-state index contributed by atoms with van der Waals surface area (Å²) in [7, 11) is 0. The maximum atomic E-state index is 10.3. The van der Waals surface area contributed by atoms with Crippen LogP contribution in [0.5, 0.6) is 0 Å². The molecule has 0 radical (unpaired) electrons. The Balaban J connectivity index is 1.66. The molecule has 0 aromatic rings. The summed E-state index contributed by atoms with van der Waals surface area (Å²) in [6.45, 7) is 5.11. The molecule has 0 spiro atoms. The summed E-state index contributed by atoms with van der Waals surface area (Å²) in [5.41, 5.74) is 1.16. The van der Waals surface area contributed by atoms with E-state index in [0.29, 0.717) is 16.7 Å². The molecule has 7 atom stereocenters. The van der Waals surface area contributed by atoms with Crippen molar-refractivity contribution in [1.82, 2.24) is 0 Å². The highest BCUT2D eigenvalue weighted by Crippen LogP contribution is 2.66. The van der Waals surface area contributed by atoms with E-state index in [1.165, 1.54) is 51.4 Å². The third kappa shape index (κ3) is 1.57. The second-order valence-corrected chi connectivity index (χ2v) is 8.76. The third-order valence-electron chi connectivity index (χ3n) is 8.17. The van der Waals surface area contributed by atoms with E-state index in [-0.39, 0.29) is 6.10 Å². The minimum absolute atomic E-state index is 0.0165. The molecule has 1 N–H and O–H groups in total. The summed E-state index contributed by atoms with van der Waals surface area (Å²) in [5, 5.41) is 10.3. The van der Waals surface area contributed by atoms with Crippen LogP contribution in [0.1, 0.15) is 71.6 Å². The average molecular weight is 262 g/mol. The summed E-state index contributed by atoms with van der Waals surface area (Å²) in [4.78, 5) is 0. The molecule has 0 heterocycles. The van der Waals surface area contributed by atoms with Gasteiger partial charge >= 0.3 is 0 Å². The van der Waals surface area contributed by atoms with Crippen LogP contribution in [0.25, 0.3) is 0 Å². The Hall–Kier alpha value is -0.0400. The molecule has 4 aliphatic rings. The van der Waals surface area contributed by atoms with Crippen LogP contribution in [0.4, 0.5) is 0 Å². The first-order valence-corrected chi connectivity index (χ1v) is 8.73. The van der Waals surface area contributed by atoms with Crippen molar-refractivity contribution in [1.29, 1.82) is 0 Å². The van der Waals surface area contributed by atoms with Crippen LogP contribution in [0, 0.1) is 34.5 Å². The van der Waals surface area contributed by atoms with Gasteiger partial charge in [-0.25, -0.2) is 0 Å². The monoisotopic (exact) mass is 262 g/mol. The summed E-state index contributed by atoms with van der Waals surface area (Å²) in [6.07, 6.45) is 12.5. The highest BCUT2D eigenvalue weighted by atomic mass is 16.3. The number of rotatable bonds is 0. The van der Waals surface area contributed by atoms with Crippen molar-refractivity contribution < 1.29 is 5.11 Å². The summed E-state index contributed by atoms with van der Waals surface area (Å²) >= 11 is 0. The molecular weight excluding hydrogens is 232 g/mol. The van der Waals surface area contributed by atoms with Gasteiger partial charge in [-0.2, -0.15) is 0 Å². The van der Waals surface area contributed by atoms with E-state index in [0.717, 1.165) is 24.2 Å². The molecular formula is C18H30O. The van der Waals surface area contributed by atoms with Gasteiger partial charge in [-0.3, -0.25) is 0 Å². The van der Waals surface area contributed by atoms with Crippen molar-refractivity contribution >= 4 is 0 Å². The smallest absolute Gasteiger partial charge is 0.0573 e. The van der Waals surface area contributed by atoms with Gasteiger partial charge in [0.25, 0.3) is 0 Å². The Morgan fingerprint density at radius 2 is 1.63 bits per heavy atom.